The zero-order valence-electron chi connectivity index (χ0n) is 14.9. The molecule has 6 heteroatoms. The van der Waals surface area contributed by atoms with Gasteiger partial charge in [0.05, 0.1) is 17.3 Å². The molecule has 5 nitrogen and oxygen atoms in total. The van der Waals surface area contributed by atoms with Crippen molar-refractivity contribution in [1.29, 1.82) is 0 Å². The van der Waals surface area contributed by atoms with Crippen molar-refractivity contribution in [2.24, 2.45) is 0 Å². The highest BCUT2D eigenvalue weighted by Gasteiger charge is 2.12. The molecule has 0 saturated carbocycles. The maximum atomic E-state index is 12.6. The number of halogens is 1. The molecule has 0 bridgehead atoms. The van der Waals surface area contributed by atoms with Crippen molar-refractivity contribution in [3.05, 3.63) is 70.9 Å². The van der Waals surface area contributed by atoms with Gasteiger partial charge >= 0.3 is 0 Å². The molecule has 1 aromatic heterocycles. The fraction of sp³-hybridized carbons (Fsp3) is 0.190. The average Bonchev–Trinajstić information content (AvgIpc) is 3.17. The lowest BCUT2D eigenvalue weighted by Crippen LogP contribution is -2.12. The van der Waals surface area contributed by atoms with Gasteiger partial charge in [-0.15, -0.1) is 0 Å². The number of nitrogens with one attached hydrogen (secondary N) is 1. The summed E-state index contributed by atoms with van der Waals surface area (Å²) in [5, 5.41) is 12.4. The molecule has 0 aliphatic rings. The number of hydrogen-bond acceptors (Lipinski definition) is 4. The number of ether oxygens (including phenoxy) is 1. The van der Waals surface area contributed by atoms with E-state index in [0.29, 0.717) is 40.2 Å². The Morgan fingerprint density at radius 1 is 1.19 bits per heavy atom. The first kappa shape index (κ1) is 19.0. The zero-order valence-corrected chi connectivity index (χ0v) is 15.6. The van der Waals surface area contributed by atoms with Crippen LogP contribution in [-0.4, -0.2) is 17.6 Å². The Labute approximate surface area is 162 Å². The van der Waals surface area contributed by atoms with Crippen molar-refractivity contribution in [2.45, 2.75) is 20.0 Å². The van der Waals surface area contributed by atoms with Gasteiger partial charge in [-0.1, -0.05) is 24.6 Å². The average molecular weight is 386 g/mol. The predicted molar refractivity (Wildman–Crippen MR) is 105 cm³/mol. The Balaban J connectivity index is 1.80. The summed E-state index contributed by atoms with van der Waals surface area (Å²) in [4.78, 5) is 12.6. The van der Waals surface area contributed by atoms with Gasteiger partial charge in [-0.05, 0) is 55.0 Å². The Kier molecular flexibility index (Phi) is 6.16. The van der Waals surface area contributed by atoms with Gasteiger partial charge in [0.1, 0.15) is 23.9 Å². The molecule has 0 atom stereocenters. The van der Waals surface area contributed by atoms with E-state index in [2.05, 4.69) is 5.32 Å². The third-order valence-corrected chi connectivity index (χ3v) is 4.22. The Morgan fingerprint density at radius 3 is 2.78 bits per heavy atom. The molecule has 3 aromatic rings. The van der Waals surface area contributed by atoms with Crippen molar-refractivity contribution in [2.75, 3.05) is 11.9 Å². The van der Waals surface area contributed by atoms with E-state index in [1.54, 1.807) is 48.5 Å². The van der Waals surface area contributed by atoms with Crippen LogP contribution in [0.25, 0.3) is 11.3 Å². The van der Waals surface area contributed by atoms with Crippen molar-refractivity contribution >= 4 is 23.2 Å². The summed E-state index contributed by atoms with van der Waals surface area (Å²) in [6.07, 6.45) is 0.892. The number of benzene rings is 2. The number of hydrogen-bond donors (Lipinski definition) is 2. The van der Waals surface area contributed by atoms with Crippen LogP contribution >= 0.6 is 11.6 Å². The van der Waals surface area contributed by atoms with Gasteiger partial charge < -0.3 is 19.6 Å². The van der Waals surface area contributed by atoms with Gasteiger partial charge in [0, 0.05) is 11.1 Å². The van der Waals surface area contributed by atoms with E-state index >= 15 is 0 Å². The maximum absolute atomic E-state index is 12.6. The van der Waals surface area contributed by atoms with Gasteiger partial charge in [0.2, 0.25) is 0 Å². The first-order chi connectivity index (χ1) is 13.1. The zero-order chi connectivity index (χ0) is 19.2. The maximum Gasteiger partial charge on any atom is 0.255 e. The third-order valence-electron chi connectivity index (χ3n) is 3.89. The van der Waals surface area contributed by atoms with Crippen LogP contribution in [0.2, 0.25) is 5.02 Å². The largest absolute Gasteiger partial charge is 0.494 e. The first-order valence-electron chi connectivity index (χ1n) is 8.64. The fourth-order valence-electron chi connectivity index (χ4n) is 2.53. The molecular formula is C21H20ClNO4. The summed E-state index contributed by atoms with van der Waals surface area (Å²) in [5.74, 6) is 1.42. The number of furan rings is 1. The van der Waals surface area contributed by atoms with Crippen molar-refractivity contribution in [3.63, 3.8) is 0 Å². The molecule has 2 N–H and O–H groups in total. The summed E-state index contributed by atoms with van der Waals surface area (Å²) in [5.41, 5.74) is 1.70. The summed E-state index contributed by atoms with van der Waals surface area (Å²) >= 11 is 6.24. The topological polar surface area (TPSA) is 71.7 Å². The van der Waals surface area contributed by atoms with Crippen LogP contribution in [0.3, 0.4) is 0 Å². The minimum Gasteiger partial charge on any atom is -0.494 e. The molecule has 27 heavy (non-hydrogen) atoms. The van der Waals surface area contributed by atoms with Crippen molar-refractivity contribution in [1.82, 2.24) is 0 Å². The fourth-order valence-corrected chi connectivity index (χ4v) is 2.70. The highest BCUT2D eigenvalue weighted by atomic mass is 35.5. The molecule has 140 valence electrons. The van der Waals surface area contributed by atoms with Gasteiger partial charge in [0.25, 0.3) is 5.91 Å². The number of aliphatic hydroxyl groups is 1. The molecule has 0 aliphatic heterocycles. The van der Waals surface area contributed by atoms with E-state index in [1.807, 2.05) is 13.0 Å². The van der Waals surface area contributed by atoms with Gasteiger partial charge in [-0.2, -0.15) is 0 Å². The highest BCUT2D eigenvalue weighted by molar-refractivity contribution is 6.34. The number of carbonyl (C=O) groups excluding carboxylic acids is 1. The van der Waals surface area contributed by atoms with Crippen LogP contribution in [0, 0.1) is 0 Å². The summed E-state index contributed by atoms with van der Waals surface area (Å²) < 4.78 is 11.1. The lowest BCUT2D eigenvalue weighted by molar-refractivity contribution is 0.102. The van der Waals surface area contributed by atoms with E-state index in [9.17, 15) is 4.79 Å². The second-order valence-electron chi connectivity index (χ2n) is 5.95. The van der Waals surface area contributed by atoms with Gasteiger partial charge in [-0.3, -0.25) is 4.79 Å². The van der Waals surface area contributed by atoms with Crippen molar-refractivity contribution < 1.29 is 19.1 Å². The van der Waals surface area contributed by atoms with Crippen LogP contribution in [-0.2, 0) is 6.61 Å². The number of carbonyl (C=O) groups is 1. The Morgan fingerprint density at radius 2 is 2.04 bits per heavy atom. The number of anilines is 1. The van der Waals surface area contributed by atoms with Crippen molar-refractivity contribution in [3.8, 4) is 17.1 Å². The second-order valence-corrected chi connectivity index (χ2v) is 6.36. The predicted octanol–water partition coefficient (Wildman–Crippen LogP) is 5.13. The van der Waals surface area contributed by atoms with Crippen LogP contribution in [0.4, 0.5) is 5.69 Å². The smallest absolute Gasteiger partial charge is 0.255 e. The van der Waals surface area contributed by atoms with E-state index in [4.69, 9.17) is 25.9 Å². The van der Waals surface area contributed by atoms with Crippen LogP contribution in [0.5, 0.6) is 5.75 Å². The lowest BCUT2D eigenvalue weighted by atomic mass is 10.1. The lowest BCUT2D eigenvalue weighted by Gasteiger charge is -2.10. The van der Waals surface area contributed by atoms with E-state index in [0.717, 1.165) is 12.0 Å². The second kappa shape index (κ2) is 8.75. The number of aliphatic hydroxyl groups excluding tert-OH is 1. The molecule has 0 saturated heterocycles. The summed E-state index contributed by atoms with van der Waals surface area (Å²) in [6, 6.07) is 15.7. The van der Waals surface area contributed by atoms with E-state index in [1.165, 1.54) is 0 Å². The molecule has 1 amide bonds. The van der Waals surface area contributed by atoms with Crippen LogP contribution in [0.1, 0.15) is 29.5 Å². The normalized spacial score (nSPS) is 10.6. The summed E-state index contributed by atoms with van der Waals surface area (Å²) in [6.45, 7) is 2.44. The quantitative estimate of drug-likeness (QED) is 0.591. The molecule has 0 aliphatic carbocycles. The Hall–Kier alpha value is -2.76. The molecular weight excluding hydrogens is 366 g/mol. The first-order valence-corrected chi connectivity index (χ1v) is 9.02. The SMILES string of the molecule is CCCOc1cccc(C(=O)Nc2cc(-c3ccc(CO)o3)ccc2Cl)c1. The van der Waals surface area contributed by atoms with Crippen LogP contribution < -0.4 is 10.1 Å². The van der Waals surface area contributed by atoms with Gasteiger partial charge in [0.15, 0.2) is 0 Å². The number of amides is 1. The summed E-state index contributed by atoms with van der Waals surface area (Å²) in [7, 11) is 0. The minimum atomic E-state index is -0.286. The minimum absolute atomic E-state index is 0.173. The van der Waals surface area contributed by atoms with Gasteiger partial charge in [-0.25, -0.2) is 0 Å². The van der Waals surface area contributed by atoms with Crippen LogP contribution in [0.15, 0.2) is 59.0 Å². The highest BCUT2D eigenvalue weighted by Crippen LogP contribution is 2.30. The molecule has 0 fully saturated rings. The molecule has 3 rings (SSSR count). The van der Waals surface area contributed by atoms with E-state index < -0.39 is 0 Å². The Bertz CT molecular complexity index is 935. The molecule has 0 radical (unpaired) electrons. The molecule has 0 unspecified atom stereocenters. The molecule has 0 spiro atoms. The number of rotatable bonds is 7. The molecule has 1 heterocycles. The monoisotopic (exact) mass is 385 g/mol. The standard InChI is InChI=1S/C21H20ClNO4/c1-2-10-26-16-5-3-4-15(11-16)21(25)23-19-12-14(6-8-18(19)22)20-9-7-17(13-24)27-20/h3-9,11-12,24H,2,10,13H2,1H3,(H,23,25). The molecule has 2 aromatic carbocycles. The third kappa shape index (κ3) is 4.70. The van der Waals surface area contributed by atoms with E-state index in [-0.39, 0.29) is 12.5 Å².